The molecule has 1 heterocycles. The van der Waals surface area contributed by atoms with E-state index in [1.165, 1.54) is 25.7 Å². The Labute approximate surface area is 73.2 Å². The first kappa shape index (κ1) is 8.44. The number of nitrogens with two attached hydrogens (primary N) is 2. The number of nitrogens with one attached hydrogen (secondary N) is 1. The van der Waals surface area contributed by atoms with Gasteiger partial charge in [-0.2, -0.15) is 0 Å². The minimum atomic E-state index is 0.00403. The molecule has 1 aliphatic carbocycles. The van der Waals surface area contributed by atoms with Crippen LogP contribution in [-0.2, 0) is 0 Å². The first-order valence-electron chi connectivity index (χ1n) is 4.81. The van der Waals surface area contributed by atoms with Gasteiger partial charge >= 0.3 is 0 Å². The maximum atomic E-state index is 5.90. The summed E-state index contributed by atoms with van der Waals surface area (Å²) < 4.78 is 0. The van der Waals surface area contributed by atoms with Crippen molar-refractivity contribution < 1.29 is 0 Å². The standard InChI is InChI=1S/C8H18N4/c9-8-5-11-6-3-1-2-4-7(6)12(8)10/h6-8,11H,1-5,9-10H2. The maximum Gasteiger partial charge on any atom is 0.0835 e. The average Bonchev–Trinajstić information content (AvgIpc) is 2.12. The molecule has 0 radical (unpaired) electrons. The average molecular weight is 170 g/mol. The van der Waals surface area contributed by atoms with Crippen LogP contribution in [0.15, 0.2) is 0 Å². The zero-order chi connectivity index (χ0) is 8.55. The van der Waals surface area contributed by atoms with Crippen LogP contribution in [0.5, 0.6) is 0 Å². The maximum absolute atomic E-state index is 5.90. The third-order valence-electron chi connectivity index (χ3n) is 3.08. The van der Waals surface area contributed by atoms with E-state index in [1.807, 2.05) is 5.01 Å². The summed E-state index contributed by atoms with van der Waals surface area (Å²) >= 11 is 0. The van der Waals surface area contributed by atoms with Gasteiger partial charge in [0, 0.05) is 18.6 Å². The van der Waals surface area contributed by atoms with Gasteiger partial charge in [-0.25, -0.2) is 5.01 Å². The molecule has 70 valence electrons. The number of piperazine rings is 1. The lowest BCUT2D eigenvalue weighted by atomic mass is 9.88. The van der Waals surface area contributed by atoms with Gasteiger partial charge in [0.1, 0.15) is 0 Å². The van der Waals surface area contributed by atoms with Gasteiger partial charge < -0.3 is 11.1 Å². The van der Waals surface area contributed by atoms with E-state index < -0.39 is 0 Å². The number of rotatable bonds is 0. The summed E-state index contributed by atoms with van der Waals surface area (Å²) in [6.07, 6.45) is 5.08. The summed E-state index contributed by atoms with van der Waals surface area (Å²) in [4.78, 5) is 0. The van der Waals surface area contributed by atoms with Crippen molar-refractivity contribution in [2.24, 2.45) is 11.6 Å². The molecule has 3 unspecified atom stereocenters. The summed E-state index contributed by atoms with van der Waals surface area (Å²) in [6.45, 7) is 0.831. The first-order chi connectivity index (χ1) is 5.79. The Bertz CT molecular complexity index is 159. The molecule has 2 rings (SSSR count). The molecule has 0 aromatic heterocycles. The minimum absolute atomic E-state index is 0.00403. The molecule has 3 atom stereocenters. The highest BCUT2D eigenvalue weighted by Gasteiger charge is 2.34. The fourth-order valence-electron chi connectivity index (χ4n) is 2.33. The summed E-state index contributed by atoms with van der Waals surface area (Å²) in [5.41, 5.74) is 5.82. The van der Waals surface area contributed by atoms with Crippen molar-refractivity contribution in [2.45, 2.75) is 43.9 Å². The molecule has 12 heavy (non-hydrogen) atoms. The molecule has 0 amide bonds. The van der Waals surface area contributed by atoms with Crippen molar-refractivity contribution in [1.29, 1.82) is 0 Å². The van der Waals surface area contributed by atoms with Crippen molar-refractivity contribution in [3.8, 4) is 0 Å². The Kier molecular flexibility index (Phi) is 2.32. The minimum Gasteiger partial charge on any atom is -0.314 e. The van der Waals surface area contributed by atoms with Crippen LogP contribution in [0.25, 0.3) is 0 Å². The van der Waals surface area contributed by atoms with Gasteiger partial charge in [0.25, 0.3) is 0 Å². The number of nitrogens with zero attached hydrogens (tertiary/aromatic N) is 1. The largest absolute Gasteiger partial charge is 0.314 e. The summed E-state index contributed by atoms with van der Waals surface area (Å²) in [5, 5.41) is 5.30. The second-order valence-corrected chi connectivity index (χ2v) is 3.88. The molecule has 1 saturated heterocycles. The predicted molar refractivity (Wildman–Crippen MR) is 48.0 cm³/mol. The van der Waals surface area contributed by atoms with Crippen LogP contribution in [0.2, 0.25) is 0 Å². The molecule has 0 bridgehead atoms. The fraction of sp³-hybridized carbons (Fsp3) is 1.00. The van der Waals surface area contributed by atoms with Crippen LogP contribution < -0.4 is 16.9 Å². The second kappa shape index (κ2) is 3.30. The summed E-state index contributed by atoms with van der Waals surface area (Å²) in [6, 6.07) is 1.06. The second-order valence-electron chi connectivity index (χ2n) is 3.88. The van der Waals surface area contributed by atoms with Gasteiger partial charge in [0.15, 0.2) is 0 Å². The molecule has 0 aromatic rings. The van der Waals surface area contributed by atoms with Crippen molar-refractivity contribution in [3.63, 3.8) is 0 Å². The SMILES string of the molecule is NC1CNC2CCCCC2N1N. The number of hydrazine groups is 1. The van der Waals surface area contributed by atoms with Crippen LogP contribution in [-0.4, -0.2) is 29.8 Å². The van der Waals surface area contributed by atoms with E-state index >= 15 is 0 Å². The topological polar surface area (TPSA) is 67.3 Å². The molecular weight excluding hydrogens is 152 g/mol. The lowest BCUT2D eigenvalue weighted by Gasteiger charge is -2.45. The van der Waals surface area contributed by atoms with E-state index in [0.29, 0.717) is 12.1 Å². The highest BCUT2D eigenvalue weighted by molar-refractivity contribution is 4.92. The smallest absolute Gasteiger partial charge is 0.0835 e. The van der Waals surface area contributed by atoms with E-state index in [4.69, 9.17) is 11.6 Å². The Morgan fingerprint density at radius 3 is 2.83 bits per heavy atom. The molecule has 0 aromatic carbocycles. The molecule has 0 spiro atoms. The number of hydrogen-bond acceptors (Lipinski definition) is 4. The summed E-state index contributed by atoms with van der Waals surface area (Å²) in [5.74, 6) is 5.90. The van der Waals surface area contributed by atoms with E-state index in [2.05, 4.69) is 5.32 Å². The lowest BCUT2D eigenvalue weighted by molar-refractivity contribution is 0.0420. The zero-order valence-corrected chi connectivity index (χ0v) is 7.37. The Morgan fingerprint density at radius 1 is 1.25 bits per heavy atom. The van der Waals surface area contributed by atoms with Crippen LogP contribution in [0.1, 0.15) is 25.7 Å². The van der Waals surface area contributed by atoms with Gasteiger partial charge in [-0.05, 0) is 12.8 Å². The highest BCUT2D eigenvalue weighted by Crippen LogP contribution is 2.24. The lowest BCUT2D eigenvalue weighted by Crippen LogP contribution is -2.68. The van der Waals surface area contributed by atoms with Gasteiger partial charge in [-0.15, -0.1) is 0 Å². The van der Waals surface area contributed by atoms with Gasteiger partial charge in [-0.3, -0.25) is 5.84 Å². The molecular formula is C8H18N4. The normalized spacial score (nSPS) is 44.0. The van der Waals surface area contributed by atoms with Gasteiger partial charge in [0.2, 0.25) is 0 Å². The van der Waals surface area contributed by atoms with E-state index in [-0.39, 0.29) is 6.17 Å². The predicted octanol–water partition coefficient (Wildman–Crippen LogP) is -0.639. The van der Waals surface area contributed by atoms with Crippen LogP contribution in [0.4, 0.5) is 0 Å². The Morgan fingerprint density at radius 2 is 2.00 bits per heavy atom. The number of hydrogen-bond donors (Lipinski definition) is 3. The monoisotopic (exact) mass is 170 g/mol. The third-order valence-corrected chi connectivity index (χ3v) is 3.08. The van der Waals surface area contributed by atoms with Crippen LogP contribution in [0.3, 0.4) is 0 Å². The molecule has 2 aliphatic rings. The van der Waals surface area contributed by atoms with Gasteiger partial charge in [0.05, 0.1) is 6.17 Å². The van der Waals surface area contributed by atoms with E-state index in [0.717, 1.165) is 6.54 Å². The van der Waals surface area contributed by atoms with Crippen LogP contribution >= 0.6 is 0 Å². The zero-order valence-electron chi connectivity index (χ0n) is 7.37. The Hall–Kier alpha value is -0.160. The molecule has 2 fully saturated rings. The highest BCUT2D eigenvalue weighted by atomic mass is 15.5. The van der Waals surface area contributed by atoms with E-state index in [9.17, 15) is 0 Å². The van der Waals surface area contributed by atoms with Crippen LogP contribution in [0, 0.1) is 0 Å². The van der Waals surface area contributed by atoms with E-state index in [1.54, 1.807) is 0 Å². The molecule has 4 heteroatoms. The van der Waals surface area contributed by atoms with Crippen molar-refractivity contribution in [1.82, 2.24) is 10.3 Å². The quantitative estimate of drug-likeness (QED) is 0.423. The number of fused-ring (bicyclic) bond motifs is 1. The van der Waals surface area contributed by atoms with Crippen molar-refractivity contribution in [3.05, 3.63) is 0 Å². The first-order valence-corrected chi connectivity index (χ1v) is 4.81. The van der Waals surface area contributed by atoms with Gasteiger partial charge in [-0.1, -0.05) is 12.8 Å². The molecule has 1 aliphatic heterocycles. The molecule has 4 nitrogen and oxygen atoms in total. The third kappa shape index (κ3) is 1.35. The van der Waals surface area contributed by atoms with Crippen molar-refractivity contribution >= 4 is 0 Å². The molecule has 1 saturated carbocycles. The fourth-order valence-corrected chi connectivity index (χ4v) is 2.33. The van der Waals surface area contributed by atoms with Crippen molar-refractivity contribution in [2.75, 3.05) is 6.54 Å². The Balaban J connectivity index is 2.03. The molecule has 5 N–H and O–H groups in total. The summed E-state index contributed by atoms with van der Waals surface area (Å²) in [7, 11) is 0.